The zero-order chi connectivity index (χ0) is 11.2. The van der Waals surface area contributed by atoms with E-state index < -0.39 is 0 Å². The number of para-hydroxylation sites is 1. The Morgan fingerprint density at radius 1 is 1.25 bits per heavy atom. The molecule has 2 heteroatoms. The van der Waals surface area contributed by atoms with E-state index in [0.29, 0.717) is 5.41 Å². The van der Waals surface area contributed by atoms with Crippen LogP contribution in [0.4, 0.5) is 5.69 Å². The summed E-state index contributed by atoms with van der Waals surface area (Å²) in [6.45, 7) is 9.24. The average Bonchev–Trinajstić information content (AvgIpc) is 2.47. The molecule has 0 saturated heterocycles. The van der Waals surface area contributed by atoms with Gasteiger partial charge in [0.2, 0.25) is 0 Å². The van der Waals surface area contributed by atoms with Gasteiger partial charge in [-0.1, -0.05) is 32.0 Å². The van der Waals surface area contributed by atoms with Gasteiger partial charge in [0.05, 0.1) is 0 Å². The summed E-state index contributed by atoms with van der Waals surface area (Å²) in [5.74, 6) is 0. The first-order valence-corrected chi connectivity index (χ1v) is 6.26. The number of nitrogens with zero attached hydrogens (tertiary/aromatic N) is 1. The Hall–Kier alpha value is -1.02. The molecule has 0 aliphatic carbocycles. The summed E-state index contributed by atoms with van der Waals surface area (Å²) in [4.78, 5) is 2.57. The lowest BCUT2D eigenvalue weighted by Gasteiger charge is -2.40. The maximum atomic E-state index is 3.51. The van der Waals surface area contributed by atoms with Crippen molar-refractivity contribution in [1.29, 1.82) is 0 Å². The molecule has 0 fully saturated rings. The van der Waals surface area contributed by atoms with Gasteiger partial charge in [-0.05, 0) is 23.0 Å². The molecule has 2 heterocycles. The first-order chi connectivity index (χ1) is 7.68. The summed E-state index contributed by atoms with van der Waals surface area (Å²) in [7, 11) is 0. The van der Waals surface area contributed by atoms with Crippen LogP contribution in [0, 0.1) is 0 Å². The van der Waals surface area contributed by atoms with E-state index in [1.54, 1.807) is 5.56 Å². The fourth-order valence-electron chi connectivity index (χ4n) is 2.98. The molecular formula is C14H20N2. The van der Waals surface area contributed by atoms with E-state index in [1.807, 2.05) is 0 Å². The highest BCUT2D eigenvalue weighted by molar-refractivity contribution is 5.64. The van der Waals surface area contributed by atoms with E-state index in [2.05, 4.69) is 42.3 Å². The minimum absolute atomic E-state index is 0.339. The van der Waals surface area contributed by atoms with Crippen LogP contribution in [0.2, 0.25) is 0 Å². The van der Waals surface area contributed by atoms with Crippen LogP contribution >= 0.6 is 0 Å². The third kappa shape index (κ3) is 1.44. The molecule has 0 saturated carbocycles. The SMILES string of the molecule is CC1(C)CCN2CCNCc3cccc1c32. The second kappa shape index (κ2) is 3.49. The summed E-state index contributed by atoms with van der Waals surface area (Å²) >= 11 is 0. The van der Waals surface area contributed by atoms with Crippen LogP contribution in [0.3, 0.4) is 0 Å². The first-order valence-electron chi connectivity index (χ1n) is 6.26. The summed E-state index contributed by atoms with van der Waals surface area (Å²) in [6.07, 6.45) is 1.27. The lowest BCUT2D eigenvalue weighted by atomic mass is 9.77. The predicted molar refractivity (Wildman–Crippen MR) is 68.0 cm³/mol. The Morgan fingerprint density at radius 3 is 3.00 bits per heavy atom. The quantitative estimate of drug-likeness (QED) is 0.715. The minimum Gasteiger partial charge on any atom is -0.370 e. The molecule has 16 heavy (non-hydrogen) atoms. The van der Waals surface area contributed by atoms with Gasteiger partial charge in [0.1, 0.15) is 0 Å². The zero-order valence-corrected chi connectivity index (χ0v) is 10.2. The highest BCUT2D eigenvalue weighted by atomic mass is 15.2. The number of rotatable bonds is 0. The van der Waals surface area contributed by atoms with E-state index in [1.165, 1.54) is 24.2 Å². The molecule has 3 rings (SSSR count). The Balaban J connectivity index is 2.19. The minimum atomic E-state index is 0.339. The van der Waals surface area contributed by atoms with Crippen molar-refractivity contribution in [3.63, 3.8) is 0 Å². The van der Waals surface area contributed by atoms with E-state index in [9.17, 15) is 0 Å². The van der Waals surface area contributed by atoms with Gasteiger partial charge in [-0.15, -0.1) is 0 Å². The van der Waals surface area contributed by atoms with Crippen molar-refractivity contribution in [3.8, 4) is 0 Å². The Labute approximate surface area is 97.6 Å². The average molecular weight is 216 g/mol. The van der Waals surface area contributed by atoms with E-state index in [-0.39, 0.29) is 0 Å². The molecule has 0 bridgehead atoms. The van der Waals surface area contributed by atoms with Crippen LogP contribution in [0.5, 0.6) is 0 Å². The zero-order valence-electron chi connectivity index (χ0n) is 10.2. The van der Waals surface area contributed by atoms with Crippen molar-refractivity contribution in [2.24, 2.45) is 0 Å². The summed E-state index contributed by atoms with van der Waals surface area (Å²) in [5, 5.41) is 3.51. The van der Waals surface area contributed by atoms with Gasteiger partial charge in [-0.25, -0.2) is 0 Å². The Kier molecular flexibility index (Phi) is 2.21. The third-order valence-corrected chi connectivity index (χ3v) is 4.05. The molecule has 2 aliphatic heterocycles. The molecule has 2 aliphatic rings. The molecule has 86 valence electrons. The summed E-state index contributed by atoms with van der Waals surface area (Å²) in [6, 6.07) is 6.80. The van der Waals surface area contributed by atoms with Gasteiger partial charge in [-0.3, -0.25) is 0 Å². The van der Waals surface area contributed by atoms with Crippen LogP contribution in [0.1, 0.15) is 31.4 Å². The molecule has 0 spiro atoms. The third-order valence-electron chi connectivity index (χ3n) is 4.05. The van der Waals surface area contributed by atoms with Crippen LogP contribution in [0.25, 0.3) is 0 Å². The largest absolute Gasteiger partial charge is 0.370 e. The molecule has 1 aromatic rings. The van der Waals surface area contributed by atoms with Crippen molar-refractivity contribution in [1.82, 2.24) is 5.32 Å². The lowest BCUT2D eigenvalue weighted by Crippen LogP contribution is -2.39. The molecule has 0 atom stereocenters. The van der Waals surface area contributed by atoms with E-state index in [4.69, 9.17) is 0 Å². The second-order valence-electron chi connectivity index (χ2n) is 5.61. The van der Waals surface area contributed by atoms with Gasteiger partial charge in [0, 0.05) is 31.9 Å². The van der Waals surface area contributed by atoms with E-state index >= 15 is 0 Å². The fourth-order valence-corrected chi connectivity index (χ4v) is 2.98. The van der Waals surface area contributed by atoms with Crippen LogP contribution in [-0.4, -0.2) is 19.6 Å². The molecule has 2 nitrogen and oxygen atoms in total. The first kappa shape index (κ1) is 10.2. The predicted octanol–water partition coefficient (Wildman–Crippen LogP) is 2.28. The van der Waals surface area contributed by atoms with Crippen LogP contribution < -0.4 is 10.2 Å². The number of benzene rings is 1. The van der Waals surface area contributed by atoms with E-state index in [0.717, 1.165) is 19.6 Å². The Morgan fingerprint density at radius 2 is 2.12 bits per heavy atom. The van der Waals surface area contributed by atoms with Crippen molar-refractivity contribution in [2.75, 3.05) is 24.5 Å². The fraction of sp³-hybridized carbons (Fsp3) is 0.571. The van der Waals surface area contributed by atoms with Crippen LogP contribution in [0.15, 0.2) is 18.2 Å². The van der Waals surface area contributed by atoms with Crippen molar-refractivity contribution < 1.29 is 0 Å². The molecular weight excluding hydrogens is 196 g/mol. The van der Waals surface area contributed by atoms with Crippen molar-refractivity contribution in [3.05, 3.63) is 29.3 Å². The highest BCUT2D eigenvalue weighted by Crippen LogP contribution is 2.41. The molecule has 0 amide bonds. The number of nitrogens with one attached hydrogen (secondary N) is 1. The molecule has 1 N–H and O–H groups in total. The maximum absolute atomic E-state index is 3.51. The number of hydrogen-bond acceptors (Lipinski definition) is 2. The normalized spacial score (nSPS) is 22.5. The van der Waals surface area contributed by atoms with Gasteiger partial charge >= 0.3 is 0 Å². The monoisotopic (exact) mass is 216 g/mol. The highest BCUT2D eigenvalue weighted by Gasteiger charge is 2.32. The summed E-state index contributed by atoms with van der Waals surface area (Å²) < 4.78 is 0. The molecule has 0 unspecified atom stereocenters. The van der Waals surface area contributed by atoms with Crippen molar-refractivity contribution in [2.45, 2.75) is 32.2 Å². The molecule has 1 aromatic carbocycles. The van der Waals surface area contributed by atoms with Crippen molar-refractivity contribution >= 4 is 5.69 Å². The smallest absolute Gasteiger partial charge is 0.0450 e. The molecule has 0 radical (unpaired) electrons. The Bertz CT molecular complexity index is 409. The number of anilines is 1. The maximum Gasteiger partial charge on any atom is 0.0450 e. The van der Waals surface area contributed by atoms with Gasteiger partial charge in [0.25, 0.3) is 0 Å². The standard InChI is InChI=1S/C14H20N2/c1-14(2)6-8-16-9-7-15-10-11-4-3-5-12(14)13(11)16/h3-5,15H,6-10H2,1-2H3. The summed E-state index contributed by atoms with van der Waals surface area (Å²) in [5.41, 5.74) is 4.87. The van der Waals surface area contributed by atoms with Crippen LogP contribution in [-0.2, 0) is 12.0 Å². The molecule has 0 aromatic heterocycles. The lowest BCUT2D eigenvalue weighted by molar-refractivity contribution is 0.454. The number of hydrogen-bond donors (Lipinski definition) is 1. The topological polar surface area (TPSA) is 15.3 Å². The van der Waals surface area contributed by atoms with Gasteiger partial charge in [0.15, 0.2) is 0 Å². The van der Waals surface area contributed by atoms with Gasteiger partial charge in [-0.2, -0.15) is 0 Å². The van der Waals surface area contributed by atoms with Gasteiger partial charge < -0.3 is 10.2 Å². The second-order valence-corrected chi connectivity index (χ2v) is 5.61.